The van der Waals surface area contributed by atoms with Gasteiger partial charge >= 0.3 is 15.6 Å². The summed E-state index contributed by atoms with van der Waals surface area (Å²) in [6, 6.07) is 36.3. The molecule has 0 fully saturated rings. The summed E-state index contributed by atoms with van der Waals surface area (Å²) < 4.78 is 46.8. The zero-order valence-electron chi connectivity index (χ0n) is 30.9. The van der Waals surface area contributed by atoms with Crippen LogP contribution in [-0.4, -0.2) is 40.9 Å². The molecule has 0 spiro atoms. The molecule has 0 atom stereocenters. The van der Waals surface area contributed by atoms with Gasteiger partial charge in [-0.05, 0) is 125 Å². The molecule has 0 radical (unpaired) electrons. The molecule has 11 nitrogen and oxygen atoms in total. The normalized spacial score (nSPS) is 11.7. The first kappa shape index (κ1) is 42.9. The molecule has 0 heterocycles. The van der Waals surface area contributed by atoms with Crippen molar-refractivity contribution >= 4 is 49.0 Å². The Morgan fingerprint density at radius 3 is 0.964 bits per heavy atom. The molecule has 4 N–H and O–H groups in total. The van der Waals surface area contributed by atoms with Crippen LogP contribution in [0, 0.1) is 0 Å². The molecule has 0 saturated heterocycles. The largest absolute Gasteiger partial charge is 0.524 e. The van der Waals surface area contributed by atoms with Gasteiger partial charge in [0.05, 0.1) is 26.4 Å². The minimum atomic E-state index is -4.61. The summed E-state index contributed by atoms with van der Waals surface area (Å²) >= 11 is 6.86. The van der Waals surface area contributed by atoms with Crippen LogP contribution in [0.25, 0.3) is 21.8 Å². The van der Waals surface area contributed by atoms with Gasteiger partial charge in [0.2, 0.25) is 0 Å². The number of phosphoric acid groups is 2. The highest BCUT2D eigenvalue weighted by molar-refractivity contribution is 7.47. The number of allylic oxidation sites excluding steroid dienone is 2. The Morgan fingerprint density at radius 1 is 0.455 bits per heavy atom. The Labute approximate surface area is 325 Å². The first-order valence-electron chi connectivity index (χ1n) is 16.9. The van der Waals surface area contributed by atoms with E-state index in [1.54, 1.807) is 45.6 Å². The van der Waals surface area contributed by atoms with Crippen molar-refractivity contribution in [3.8, 4) is 28.7 Å². The standard InChI is InChI=1S/C23H21ClO3.C18H22O8P2/c1-25-19-10-4-16(5-11-19)22(17-6-12-20(26-2)13-7-17)23(24)18-8-14-21(27-3)15-9-18;1-3-17(13-5-9-15(10-6-13)25-27(19,20)21)18(4-2)14-7-11-16(12-8-14)26-28(22,23)24/h4-15H,1-3H3;5-12H,3-4H2,1-2H3,(H2,19,20,21)(H2,22,23,24)/b;18-17+. The van der Waals surface area contributed by atoms with E-state index in [0.717, 1.165) is 61.8 Å². The lowest BCUT2D eigenvalue weighted by Gasteiger charge is -2.15. The van der Waals surface area contributed by atoms with Crippen LogP contribution in [0.15, 0.2) is 121 Å². The van der Waals surface area contributed by atoms with Crippen molar-refractivity contribution in [3.05, 3.63) is 149 Å². The third kappa shape index (κ3) is 12.6. The van der Waals surface area contributed by atoms with Gasteiger partial charge in [-0.15, -0.1) is 0 Å². The van der Waals surface area contributed by atoms with E-state index in [2.05, 4.69) is 9.05 Å². The fourth-order valence-corrected chi connectivity index (χ4v) is 6.85. The monoisotopic (exact) mass is 808 g/mol. The third-order valence-electron chi connectivity index (χ3n) is 8.25. The second-order valence-corrected chi connectivity index (χ2v) is 14.5. The summed E-state index contributed by atoms with van der Waals surface area (Å²) in [4.78, 5) is 35.5. The summed E-state index contributed by atoms with van der Waals surface area (Å²) in [5, 5.41) is 0.660. The molecule has 0 aliphatic carbocycles. The van der Waals surface area contributed by atoms with E-state index in [4.69, 9.17) is 45.4 Å². The van der Waals surface area contributed by atoms with E-state index in [-0.39, 0.29) is 11.5 Å². The van der Waals surface area contributed by atoms with Gasteiger partial charge in [0.1, 0.15) is 28.7 Å². The predicted octanol–water partition coefficient (Wildman–Crippen LogP) is 10.2. The first-order chi connectivity index (χ1) is 26.2. The molecule has 0 bridgehead atoms. The lowest BCUT2D eigenvalue weighted by atomic mass is 9.91. The van der Waals surface area contributed by atoms with E-state index in [1.807, 2.05) is 86.6 Å². The molecular formula is C41H43ClO11P2. The van der Waals surface area contributed by atoms with Gasteiger partial charge < -0.3 is 23.3 Å². The lowest BCUT2D eigenvalue weighted by Crippen LogP contribution is -1.94. The van der Waals surface area contributed by atoms with Crippen molar-refractivity contribution in [1.82, 2.24) is 0 Å². The van der Waals surface area contributed by atoms with Gasteiger partial charge in [-0.1, -0.05) is 74.0 Å². The van der Waals surface area contributed by atoms with E-state index < -0.39 is 15.6 Å². The minimum Gasteiger partial charge on any atom is -0.497 e. The smallest absolute Gasteiger partial charge is 0.497 e. The summed E-state index contributed by atoms with van der Waals surface area (Å²) in [5.74, 6) is 2.54. The van der Waals surface area contributed by atoms with Crippen LogP contribution >= 0.6 is 27.2 Å². The van der Waals surface area contributed by atoms with Crippen LogP contribution in [0.1, 0.15) is 54.5 Å². The quantitative estimate of drug-likeness (QED) is 0.0624. The van der Waals surface area contributed by atoms with E-state index in [1.165, 1.54) is 24.3 Å². The minimum absolute atomic E-state index is 0.0736. The molecular weight excluding hydrogens is 766 g/mol. The molecule has 55 heavy (non-hydrogen) atoms. The maximum atomic E-state index is 10.9. The Bertz CT molecular complexity index is 2030. The first-order valence-corrected chi connectivity index (χ1v) is 20.4. The molecule has 290 valence electrons. The molecule has 0 saturated carbocycles. The maximum absolute atomic E-state index is 10.9. The molecule has 5 aromatic carbocycles. The number of ether oxygens (including phenoxy) is 3. The second-order valence-electron chi connectivity index (χ2n) is 11.8. The van der Waals surface area contributed by atoms with Crippen molar-refractivity contribution in [2.75, 3.05) is 21.3 Å². The number of rotatable bonds is 14. The van der Waals surface area contributed by atoms with Crippen molar-refractivity contribution in [1.29, 1.82) is 0 Å². The van der Waals surface area contributed by atoms with Crippen molar-refractivity contribution in [2.45, 2.75) is 26.7 Å². The number of halogens is 1. The Morgan fingerprint density at radius 2 is 0.709 bits per heavy atom. The molecule has 0 amide bonds. The second kappa shape index (κ2) is 19.7. The fraction of sp³-hybridized carbons (Fsp3) is 0.171. The van der Waals surface area contributed by atoms with Gasteiger partial charge in [0.25, 0.3) is 0 Å². The zero-order valence-corrected chi connectivity index (χ0v) is 33.4. The van der Waals surface area contributed by atoms with Crippen LogP contribution in [0.5, 0.6) is 28.7 Å². The highest BCUT2D eigenvalue weighted by Crippen LogP contribution is 2.41. The highest BCUT2D eigenvalue weighted by Gasteiger charge is 2.18. The van der Waals surface area contributed by atoms with Gasteiger partial charge in [-0.25, -0.2) is 9.13 Å². The highest BCUT2D eigenvalue weighted by atomic mass is 35.5. The van der Waals surface area contributed by atoms with Gasteiger partial charge in [-0.3, -0.25) is 19.6 Å². The SMILES string of the molecule is CC/C(=C(/CC)c1ccc(OP(=O)(O)O)cc1)c1ccc(OP(=O)(O)O)cc1.COc1ccc(C(Cl)=C(c2ccc(OC)cc2)c2ccc(OC)cc2)cc1. The molecule has 0 aliphatic rings. The van der Waals surface area contributed by atoms with E-state index in [0.29, 0.717) is 17.9 Å². The number of phosphoric ester groups is 2. The number of hydrogen-bond donors (Lipinski definition) is 4. The van der Waals surface area contributed by atoms with Crippen LogP contribution in [0.3, 0.4) is 0 Å². The molecule has 0 unspecified atom stereocenters. The lowest BCUT2D eigenvalue weighted by molar-refractivity contribution is 0.281. The molecule has 0 aromatic heterocycles. The number of hydrogen-bond acceptors (Lipinski definition) is 7. The van der Waals surface area contributed by atoms with E-state index in [9.17, 15) is 9.13 Å². The summed E-state index contributed by atoms with van der Waals surface area (Å²) in [7, 11) is -4.26. The Balaban J connectivity index is 0.000000245. The van der Waals surface area contributed by atoms with Crippen molar-refractivity contribution < 1.29 is 52.0 Å². The zero-order chi connectivity index (χ0) is 40.2. The van der Waals surface area contributed by atoms with Crippen LogP contribution in [0.2, 0.25) is 0 Å². The summed E-state index contributed by atoms with van der Waals surface area (Å²) in [6.45, 7) is 3.99. The number of benzene rings is 5. The van der Waals surface area contributed by atoms with Crippen LogP contribution in [0.4, 0.5) is 0 Å². The fourth-order valence-electron chi connectivity index (χ4n) is 5.71. The Kier molecular flexibility index (Phi) is 15.3. The van der Waals surface area contributed by atoms with Crippen molar-refractivity contribution in [3.63, 3.8) is 0 Å². The van der Waals surface area contributed by atoms with Gasteiger partial charge in [0, 0.05) is 5.57 Å². The predicted molar refractivity (Wildman–Crippen MR) is 216 cm³/mol. The molecule has 5 aromatic rings. The van der Waals surface area contributed by atoms with Crippen molar-refractivity contribution in [2.24, 2.45) is 0 Å². The van der Waals surface area contributed by atoms with E-state index >= 15 is 0 Å². The summed E-state index contributed by atoms with van der Waals surface area (Å²) in [5.41, 5.74) is 7.69. The Hall–Kier alpha value is -4.83. The van der Waals surface area contributed by atoms with Gasteiger partial charge in [-0.2, -0.15) is 0 Å². The van der Waals surface area contributed by atoms with Crippen LogP contribution in [-0.2, 0) is 9.13 Å². The average Bonchev–Trinajstić information content (AvgIpc) is 3.17. The third-order valence-corrected chi connectivity index (χ3v) is 9.55. The van der Waals surface area contributed by atoms with Gasteiger partial charge in [0.15, 0.2) is 0 Å². The molecule has 0 aliphatic heterocycles. The molecule has 14 heteroatoms. The number of methoxy groups -OCH3 is 3. The summed E-state index contributed by atoms with van der Waals surface area (Å²) in [6.07, 6.45) is 1.42. The van der Waals surface area contributed by atoms with Crippen LogP contribution < -0.4 is 23.3 Å². The topological polar surface area (TPSA) is 161 Å². The maximum Gasteiger partial charge on any atom is 0.524 e. The molecule has 5 rings (SSSR count). The average molecular weight is 809 g/mol.